The minimum Gasteiger partial charge on any atom is -0.212 e. The molecule has 0 aliphatic rings. The van der Waals surface area contributed by atoms with Gasteiger partial charge in [-0.1, -0.05) is 11.6 Å². The number of hydrogen-bond acceptors (Lipinski definition) is 4. The fourth-order valence-electron chi connectivity index (χ4n) is 0.861. The second-order valence-electron chi connectivity index (χ2n) is 2.81. The Morgan fingerprint density at radius 3 is 1.93 bits per heavy atom. The van der Waals surface area contributed by atoms with Crippen molar-refractivity contribution < 1.29 is 16.8 Å². The topological polar surface area (TPSA) is 80.3 Å². The lowest BCUT2D eigenvalue weighted by molar-refractivity contribution is 0.580. The number of benzene rings is 1. The van der Waals surface area contributed by atoms with Crippen molar-refractivity contribution in [2.24, 2.45) is 0 Å². The van der Waals surface area contributed by atoms with Crippen LogP contribution in [0.3, 0.4) is 0 Å². The van der Waals surface area contributed by atoms with Crippen molar-refractivity contribution in [1.29, 1.82) is 0 Å². The molecule has 0 fully saturated rings. The second-order valence-corrected chi connectivity index (χ2v) is 6.94. The Labute approximate surface area is 93.2 Å². The van der Waals surface area contributed by atoms with Crippen LogP contribution in [0, 0.1) is 0 Å². The van der Waals surface area contributed by atoms with Gasteiger partial charge in [0.1, 0.15) is 0 Å². The number of rotatable bonds is 3. The van der Waals surface area contributed by atoms with E-state index in [0.717, 1.165) is 6.26 Å². The maximum absolute atomic E-state index is 11.4. The summed E-state index contributed by atoms with van der Waals surface area (Å²) in [6.07, 6.45) is 0.764. The first kappa shape index (κ1) is 12.4. The monoisotopic (exact) mass is 269 g/mol. The van der Waals surface area contributed by atoms with Crippen LogP contribution in [-0.2, 0) is 20.0 Å². The summed E-state index contributed by atoms with van der Waals surface area (Å²) in [5.74, 6) is 0. The van der Waals surface area contributed by atoms with Crippen LogP contribution in [0.5, 0.6) is 0 Å². The average molecular weight is 270 g/mol. The summed E-state index contributed by atoms with van der Waals surface area (Å²) >= 11 is 5.56. The lowest BCUT2D eigenvalue weighted by Crippen LogP contribution is -2.29. The molecule has 15 heavy (non-hydrogen) atoms. The van der Waals surface area contributed by atoms with E-state index < -0.39 is 20.0 Å². The van der Waals surface area contributed by atoms with Crippen LogP contribution in [0.15, 0.2) is 29.2 Å². The van der Waals surface area contributed by atoms with Crippen LogP contribution in [0.25, 0.3) is 0 Å². The molecule has 0 atom stereocenters. The van der Waals surface area contributed by atoms with Gasteiger partial charge in [-0.25, -0.2) is 16.8 Å². The van der Waals surface area contributed by atoms with E-state index in [0.29, 0.717) is 5.02 Å². The summed E-state index contributed by atoms with van der Waals surface area (Å²) in [5, 5.41) is 0.369. The quantitative estimate of drug-likeness (QED) is 0.870. The van der Waals surface area contributed by atoms with Gasteiger partial charge >= 0.3 is 0 Å². The molecule has 0 heterocycles. The van der Waals surface area contributed by atoms with Crippen molar-refractivity contribution in [2.75, 3.05) is 6.26 Å². The molecule has 0 aromatic heterocycles. The van der Waals surface area contributed by atoms with E-state index in [4.69, 9.17) is 11.6 Å². The Morgan fingerprint density at radius 1 is 1.07 bits per heavy atom. The zero-order chi connectivity index (χ0) is 11.7. The highest BCUT2D eigenvalue weighted by Crippen LogP contribution is 2.13. The molecule has 0 saturated heterocycles. The molecular weight excluding hydrogens is 262 g/mol. The molecule has 0 spiro atoms. The van der Waals surface area contributed by atoms with Crippen molar-refractivity contribution in [1.82, 2.24) is 4.13 Å². The summed E-state index contributed by atoms with van der Waals surface area (Å²) < 4.78 is 45.9. The minimum absolute atomic E-state index is 0.155. The van der Waals surface area contributed by atoms with Crippen LogP contribution in [0.4, 0.5) is 0 Å². The molecule has 0 aliphatic heterocycles. The van der Waals surface area contributed by atoms with E-state index in [1.807, 2.05) is 0 Å². The third-order valence-electron chi connectivity index (χ3n) is 1.39. The maximum atomic E-state index is 11.4. The molecule has 0 bridgehead atoms. The van der Waals surface area contributed by atoms with E-state index in [1.165, 1.54) is 28.4 Å². The van der Waals surface area contributed by atoms with Crippen LogP contribution < -0.4 is 4.13 Å². The number of halogens is 1. The Kier molecular flexibility index (Phi) is 3.39. The lowest BCUT2D eigenvalue weighted by Gasteiger charge is -2.03. The van der Waals surface area contributed by atoms with Gasteiger partial charge in [-0.05, 0) is 24.3 Å². The number of sulfonamides is 2. The Morgan fingerprint density at radius 2 is 1.53 bits per heavy atom. The Hall–Kier alpha value is -0.630. The zero-order valence-corrected chi connectivity index (χ0v) is 10.0. The highest BCUT2D eigenvalue weighted by Gasteiger charge is 2.18. The molecule has 5 nitrogen and oxygen atoms in total. The largest absolute Gasteiger partial charge is 0.253 e. The molecule has 1 aromatic carbocycles. The van der Waals surface area contributed by atoms with Gasteiger partial charge in [0, 0.05) is 5.02 Å². The first-order chi connectivity index (χ1) is 6.71. The third-order valence-corrected chi connectivity index (χ3v) is 4.62. The predicted molar refractivity (Wildman–Crippen MR) is 56.6 cm³/mol. The first-order valence-electron chi connectivity index (χ1n) is 3.70. The summed E-state index contributed by atoms with van der Waals surface area (Å²) in [6.45, 7) is 0. The van der Waals surface area contributed by atoms with Crippen molar-refractivity contribution in [2.45, 2.75) is 4.90 Å². The van der Waals surface area contributed by atoms with Crippen molar-refractivity contribution in [3.63, 3.8) is 0 Å². The van der Waals surface area contributed by atoms with Gasteiger partial charge in [0.05, 0.1) is 11.2 Å². The number of hydrogen-bond donors (Lipinski definition) is 1. The SMILES string of the molecule is CS(=O)(=O)NS(=O)(=O)c1ccc(Cl)cc1. The third kappa shape index (κ3) is 3.78. The molecule has 0 radical (unpaired) electrons. The molecule has 1 N–H and O–H groups in total. The van der Waals surface area contributed by atoms with Gasteiger partial charge in [-0.2, -0.15) is 0 Å². The van der Waals surface area contributed by atoms with E-state index >= 15 is 0 Å². The highest BCUT2D eigenvalue weighted by atomic mass is 35.5. The van der Waals surface area contributed by atoms with Gasteiger partial charge in [-0.15, -0.1) is 4.13 Å². The number of nitrogens with one attached hydrogen (secondary N) is 1. The van der Waals surface area contributed by atoms with Gasteiger partial charge < -0.3 is 0 Å². The second kappa shape index (κ2) is 4.09. The fourth-order valence-corrected chi connectivity index (χ4v) is 3.46. The fraction of sp³-hybridized carbons (Fsp3) is 0.143. The van der Waals surface area contributed by atoms with Gasteiger partial charge in [0.2, 0.25) is 10.0 Å². The van der Waals surface area contributed by atoms with E-state index in [-0.39, 0.29) is 4.90 Å². The van der Waals surface area contributed by atoms with Crippen LogP contribution in [0.2, 0.25) is 5.02 Å². The summed E-state index contributed by atoms with van der Waals surface area (Å²) in [7, 11) is -7.84. The summed E-state index contributed by atoms with van der Waals surface area (Å²) in [5.41, 5.74) is 0. The smallest absolute Gasteiger partial charge is 0.212 e. The minimum atomic E-state index is -4.03. The first-order valence-corrected chi connectivity index (χ1v) is 7.45. The highest BCUT2D eigenvalue weighted by molar-refractivity contribution is 8.04. The predicted octanol–water partition coefficient (Wildman–Crippen LogP) is 0.578. The zero-order valence-electron chi connectivity index (χ0n) is 7.64. The standard InChI is InChI=1S/C7H8ClNO4S2/c1-14(10,11)9-15(12,13)7-4-2-6(8)3-5-7/h2-5,9H,1H3. The summed E-state index contributed by atoms with van der Waals surface area (Å²) in [4.78, 5) is -0.155. The van der Waals surface area contributed by atoms with Gasteiger partial charge in [-0.3, -0.25) is 0 Å². The van der Waals surface area contributed by atoms with E-state index in [1.54, 1.807) is 0 Å². The van der Waals surface area contributed by atoms with Gasteiger partial charge in [0.15, 0.2) is 0 Å². The summed E-state index contributed by atoms with van der Waals surface area (Å²) in [6, 6.07) is 5.16. The van der Waals surface area contributed by atoms with Crippen LogP contribution in [0.1, 0.15) is 0 Å². The van der Waals surface area contributed by atoms with E-state index in [2.05, 4.69) is 0 Å². The molecule has 0 unspecified atom stereocenters. The normalized spacial score (nSPS) is 12.7. The molecule has 1 rings (SSSR count). The molecular formula is C7H8ClNO4S2. The van der Waals surface area contributed by atoms with Crippen molar-refractivity contribution in [3.05, 3.63) is 29.3 Å². The molecule has 0 aliphatic carbocycles. The van der Waals surface area contributed by atoms with E-state index in [9.17, 15) is 16.8 Å². The lowest BCUT2D eigenvalue weighted by atomic mass is 10.4. The van der Waals surface area contributed by atoms with Crippen LogP contribution >= 0.6 is 11.6 Å². The molecule has 84 valence electrons. The van der Waals surface area contributed by atoms with Crippen LogP contribution in [-0.4, -0.2) is 23.1 Å². The Balaban J connectivity index is 3.13. The molecule has 8 heteroatoms. The van der Waals surface area contributed by atoms with Crippen molar-refractivity contribution in [3.8, 4) is 0 Å². The van der Waals surface area contributed by atoms with Crippen molar-refractivity contribution >= 4 is 31.6 Å². The Bertz CT molecular complexity index is 547. The molecule has 1 aromatic rings. The molecule has 0 saturated carbocycles. The van der Waals surface area contributed by atoms with Gasteiger partial charge in [0.25, 0.3) is 10.0 Å². The maximum Gasteiger partial charge on any atom is 0.253 e. The molecule has 0 amide bonds. The average Bonchev–Trinajstić information content (AvgIpc) is 2.00.